The number of hydrogen-bond donors (Lipinski definition) is 1. The van der Waals surface area contributed by atoms with Gasteiger partial charge in [0.1, 0.15) is 11.5 Å². The molecule has 1 aliphatic rings. The Morgan fingerprint density at radius 2 is 2.06 bits per heavy atom. The number of carbonyl (C=O) groups is 2. The summed E-state index contributed by atoms with van der Waals surface area (Å²) < 4.78 is 5.51. The first-order chi connectivity index (χ1) is 7.90. The minimum Gasteiger partial charge on any atom is -0.496 e. The molecule has 0 fully saturated rings. The van der Waals surface area contributed by atoms with Crippen molar-refractivity contribution in [2.45, 2.75) is 34.1 Å². The van der Waals surface area contributed by atoms with Gasteiger partial charge in [-0.3, -0.25) is 4.79 Å². The topological polar surface area (TPSA) is 63.6 Å². The van der Waals surface area contributed by atoms with E-state index in [1.165, 1.54) is 6.92 Å². The van der Waals surface area contributed by atoms with E-state index in [0.717, 1.165) is 6.42 Å². The highest BCUT2D eigenvalue weighted by Crippen LogP contribution is 2.36. The van der Waals surface area contributed by atoms with Crippen molar-refractivity contribution in [3.63, 3.8) is 0 Å². The Bertz CT molecular complexity index is 356. The maximum atomic E-state index is 11.4. The summed E-state index contributed by atoms with van der Waals surface area (Å²) in [4.78, 5) is 22.7. The van der Waals surface area contributed by atoms with E-state index >= 15 is 0 Å². The van der Waals surface area contributed by atoms with Gasteiger partial charge in [-0.15, -0.1) is 0 Å². The van der Waals surface area contributed by atoms with Crippen molar-refractivity contribution in [2.24, 2.45) is 17.8 Å². The molecule has 3 atom stereocenters. The molecule has 0 amide bonds. The fourth-order valence-corrected chi connectivity index (χ4v) is 2.06. The zero-order valence-corrected chi connectivity index (χ0v) is 10.8. The molecule has 0 aromatic carbocycles. The molecule has 4 heteroatoms. The molecule has 1 rings (SSSR count). The van der Waals surface area contributed by atoms with E-state index in [1.54, 1.807) is 6.92 Å². The van der Waals surface area contributed by atoms with Gasteiger partial charge in [-0.1, -0.05) is 20.8 Å². The molecule has 0 aromatic heterocycles. The summed E-state index contributed by atoms with van der Waals surface area (Å²) in [7, 11) is 0. The molecule has 1 N–H and O–H groups in total. The lowest BCUT2D eigenvalue weighted by molar-refractivity contribution is -0.133. The van der Waals surface area contributed by atoms with Crippen LogP contribution in [0.1, 0.15) is 34.1 Å². The molecule has 0 aromatic rings. The Balaban J connectivity index is 3.08. The van der Waals surface area contributed by atoms with Crippen molar-refractivity contribution in [1.82, 2.24) is 0 Å². The van der Waals surface area contributed by atoms with E-state index < -0.39 is 5.97 Å². The van der Waals surface area contributed by atoms with Crippen LogP contribution in [0.5, 0.6) is 0 Å². The van der Waals surface area contributed by atoms with Crippen molar-refractivity contribution in [2.75, 3.05) is 6.61 Å². The molecule has 0 aliphatic carbocycles. The predicted octanol–water partition coefficient (Wildman–Crippen LogP) is 2.24. The minimum absolute atomic E-state index is 0.00255. The molecule has 0 bridgehead atoms. The van der Waals surface area contributed by atoms with Crippen LogP contribution < -0.4 is 0 Å². The predicted molar refractivity (Wildman–Crippen MR) is 63.4 cm³/mol. The summed E-state index contributed by atoms with van der Waals surface area (Å²) >= 11 is 0. The molecule has 1 heterocycles. The van der Waals surface area contributed by atoms with Gasteiger partial charge < -0.3 is 9.84 Å². The number of Topliss-reactive ketones (excluding diaryl/α,β-unsaturated/α-hetero) is 1. The van der Waals surface area contributed by atoms with E-state index in [9.17, 15) is 14.7 Å². The fraction of sp³-hybridized carbons (Fsp3) is 0.692. The number of hydrogen-bond acceptors (Lipinski definition) is 3. The second-order valence-electron chi connectivity index (χ2n) is 4.71. The molecule has 4 nitrogen and oxygen atoms in total. The average molecular weight is 240 g/mol. The van der Waals surface area contributed by atoms with Crippen LogP contribution in [-0.4, -0.2) is 23.5 Å². The van der Waals surface area contributed by atoms with Gasteiger partial charge in [0.05, 0.1) is 12.2 Å². The summed E-state index contributed by atoms with van der Waals surface area (Å²) in [6.07, 6.45) is 0.827. The maximum Gasteiger partial charge on any atom is 0.335 e. The summed E-state index contributed by atoms with van der Waals surface area (Å²) in [6.45, 7) is 7.49. The van der Waals surface area contributed by atoms with E-state index in [-0.39, 0.29) is 23.5 Å². The van der Waals surface area contributed by atoms with Crippen molar-refractivity contribution in [3.05, 3.63) is 11.3 Å². The minimum atomic E-state index is -0.962. The third-order valence-electron chi connectivity index (χ3n) is 3.59. The van der Waals surface area contributed by atoms with Crippen molar-refractivity contribution in [3.8, 4) is 0 Å². The highest BCUT2D eigenvalue weighted by molar-refractivity contribution is 5.90. The van der Waals surface area contributed by atoms with E-state index in [1.807, 2.05) is 13.8 Å². The number of rotatable bonds is 5. The Morgan fingerprint density at radius 3 is 2.47 bits per heavy atom. The van der Waals surface area contributed by atoms with Gasteiger partial charge in [0.25, 0.3) is 0 Å². The molecular formula is C13H20O4. The Morgan fingerprint density at radius 1 is 1.47 bits per heavy atom. The van der Waals surface area contributed by atoms with Crippen LogP contribution >= 0.6 is 0 Å². The molecular weight excluding hydrogens is 220 g/mol. The molecule has 0 unspecified atom stereocenters. The molecule has 1 aliphatic heterocycles. The van der Waals surface area contributed by atoms with Crippen molar-refractivity contribution in [1.29, 1.82) is 0 Å². The lowest BCUT2D eigenvalue weighted by atomic mass is 9.84. The highest BCUT2D eigenvalue weighted by Gasteiger charge is 2.38. The van der Waals surface area contributed by atoms with Crippen molar-refractivity contribution >= 4 is 11.8 Å². The molecule has 0 radical (unpaired) electrons. The highest BCUT2D eigenvalue weighted by atomic mass is 16.5. The normalized spacial score (nSPS) is 23.2. The first-order valence-electron chi connectivity index (χ1n) is 6.00. The first kappa shape index (κ1) is 13.7. The molecule has 0 saturated carbocycles. The van der Waals surface area contributed by atoms with Gasteiger partial charge in [0.15, 0.2) is 0 Å². The van der Waals surface area contributed by atoms with Crippen LogP contribution in [-0.2, 0) is 14.3 Å². The molecule has 0 spiro atoms. The van der Waals surface area contributed by atoms with E-state index in [2.05, 4.69) is 0 Å². The van der Waals surface area contributed by atoms with Gasteiger partial charge in [0, 0.05) is 17.8 Å². The van der Waals surface area contributed by atoms with Gasteiger partial charge in [-0.2, -0.15) is 0 Å². The summed E-state index contributed by atoms with van der Waals surface area (Å²) in [5.41, 5.74) is 0.294. The standard InChI is InChI=1S/C13H20O4/c1-5-7(2)12-11(13(15)16)10(6-17-12)8(3)9(4)14/h7-8,10H,5-6H2,1-4H3,(H,15,16)/t7-,8+,10+/m1/s1. The third kappa shape index (κ3) is 2.68. The maximum absolute atomic E-state index is 11.4. The zero-order valence-electron chi connectivity index (χ0n) is 10.8. The second kappa shape index (κ2) is 5.34. The van der Waals surface area contributed by atoms with Crippen LogP contribution in [0, 0.1) is 17.8 Å². The summed E-state index contributed by atoms with van der Waals surface area (Å²) in [5, 5.41) is 9.28. The van der Waals surface area contributed by atoms with Crippen LogP contribution in [0.25, 0.3) is 0 Å². The van der Waals surface area contributed by atoms with Crippen LogP contribution in [0.3, 0.4) is 0 Å². The number of ether oxygens (including phenoxy) is 1. The second-order valence-corrected chi connectivity index (χ2v) is 4.71. The number of carboxylic acids is 1. The number of aliphatic carboxylic acids is 1. The van der Waals surface area contributed by atoms with Crippen LogP contribution in [0.4, 0.5) is 0 Å². The van der Waals surface area contributed by atoms with Crippen LogP contribution in [0.15, 0.2) is 11.3 Å². The van der Waals surface area contributed by atoms with E-state index in [0.29, 0.717) is 17.9 Å². The lowest BCUT2D eigenvalue weighted by Crippen LogP contribution is -2.24. The third-order valence-corrected chi connectivity index (χ3v) is 3.59. The number of ketones is 1. The van der Waals surface area contributed by atoms with Gasteiger partial charge in [-0.05, 0) is 13.3 Å². The molecule has 96 valence electrons. The first-order valence-corrected chi connectivity index (χ1v) is 6.00. The SMILES string of the molecule is CC[C@@H](C)C1=C(C(=O)O)[C@H]([C@@H](C)C(C)=O)CO1. The van der Waals surface area contributed by atoms with Crippen LogP contribution in [0.2, 0.25) is 0 Å². The lowest BCUT2D eigenvalue weighted by Gasteiger charge is -2.15. The summed E-state index contributed by atoms with van der Waals surface area (Å²) in [5.74, 6) is -0.932. The fourth-order valence-electron chi connectivity index (χ4n) is 2.06. The van der Waals surface area contributed by atoms with Gasteiger partial charge >= 0.3 is 5.97 Å². The Labute approximate surface area is 102 Å². The molecule has 17 heavy (non-hydrogen) atoms. The Kier molecular flexibility index (Phi) is 4.32. The molecule has 0 saturated heterocycles. The quantitative estimate of drug-likeness (QED) is 0.800. The van der Waals surface area contributed by atoms with Crippen molar-refractivity contribution < 1.29 is 19.4 Å². The average Bonchev–Trinajstić information content (AvgIpc) is 2.71. The largest absolute Gasteiger partial charge is 0.496 e. The van der Waals surface area contributed by atoms with E-state index in [4.69, 9.17) is 4.74 Å². The number of carboxylic acid groups (broad SMARTS) is 1. The summed E-state index contributed by atoms with van der Waals surface area (Å²) in [6, 6.07) is 0. The Hall–Kier alpha value is -1.32. The smallest absolute Gasteiger partial charge is 0.335 e. The number of allylic oxidation sites excluding steroid dienone is 1. The van der Waals surface area contributed by atoms with Gasteiger partial charge in [0.2, 0.25) is 0 Å². The number of carbonyl (C=O) groups excluding carboxylic acids is 1. The van der Waals surface area contributed by atoms with Gasteiger partial charge in [-0.25, -0.2) is 4.79 Å². The zero-order chi connectivity index (χ0) is 13.2. The monoisotopic (exact) mass is 240 g/mol.